The highest BCUT2D eigenvalue weighted by Crippen LogP contribution is 2.26. The molecule has 2 heterocycles. The van der Waals surface area contributed by atoms with Crippen LogP contribution in [-0.2, 0) is 6.54 Å². The fourth-order valence-corrected chi connectivity index (χ4v) is 2.75. The lowest BCUT2D eigenvalue weighted by Gasteiger charge is -2.08. The van der Waals surface area contributed by atoms with Gasteiger partial charge in [0.2, 0.25) is 0 Å². The normalized spacial score (nSPS) is 10.4. The van der Waals surface area contributed by atoms with E-state index in [-0.39, 0.29) is 0 Å². The van der Waals surface area contributed by atoms with Crippen molar-refractivity contribution in [1.82, 2.24) is 14.8 Å². The number of nitriles is 1. The maximum Gasteiger partial charge on any atom is 0.192 e. The van der Waals surface area contributed by atoms with E-state index in [0.717, 1.165) is 22.9 Å². The Hall–Kier alpha value is -2.72. The highest BCUT2D eigenvalue weighted by atomic mass is 32.2. The Morgan fingerprint density at radius 3 is 2.74 bits per heavy atom. The Balaban J connectivity index is 1.97. The van der Waals surface area contributed by atoms with E-state index >= 15 is 0 Å². The monoisotopic (exact) mass is 326 g/mol. The van der Waals surface area contributed by atoms with Gasteiger partial charge in [-0.1, -0.05) is 11.8 Å². The van der Waals surface area contributed by atoms with Crippen molar-refractivity contribution in [3.8, 4) is 23.2 Å². The highest BCUT2D eigenvalue weighted by molar-refractivity contribution is 7.99. The number of hydrogen-bond acceptors (Lipinski definition) is 6. The van der Waals surface area contributed by atoms with Crippen LogP contribution < -0.4 is 4.74 Å². The fourth-order valence-electron chi connectivity index (χ4n) is 2.15. The SMILES string of the molecule is COc1ccc(-c2nnc(SCC#N)n2Cc2ccco2)cc1. The summed E-state index contributed by atoms with van der Waals surface area (Å²) < 4.78 is 12.6. The zero-order valence-electron chi connectivity index (χ0n) is 12.5. The molecule has 0 saturated heterocycles. The zero-order chi connectivity index (χ0) is 16.1. The van der Waals surface area contributed by atoms with Gasteiger partial charge in [-0.05, 0) is 36.4 Å². The maximum absolute atomic E-state index is 8.80. The molecule has 0 aliphatic heterocycles. The van der Waals surface area contributed by atoms with Gasteiger partial charge in [0.15, 0.2) is 11.0 Å². The predicted molar refractivity (Wildman–Crippen MR) is 86.2 cm³/mol. The summed E-state index contributed by atoms with van der Waals surface area (Å²) in [6.07, 6.45) is 1.63. The molecule has 116 valence electrons. The summed E-state index contributed by atoms with van der Waals surface area (Å²) in [5.41, 5.74) is 0.925. The average molecular weight is 326 g/mol. The van der Waals surface area contributed by atoms with Crippen molar-refractivity contribution < 1.29 is 9.15 Å². The molecule has 6 nitrogen and oxygen atoms in total. The first-order valence-electron chi connectivity index (χ1n) is 6.91. The quantitative estimate of drug-likeness (QED) is 0.647. The molecule has 1 aromatic carbocycles. The third-order valence-corrected chi connectivity index (χ3v) is 4.06. The van der Waals surface area contributed by atoms with Crippen LogP contribution in [-0.4, -0.2) is 27.6 Å². The minimum absolute atomic E-state index is 0.318. The van der Waals surface area contributed by atoms with Crippen molar-refractivity contribution in [2.45, 2.75) is 11.7 Å². The number of aromatic nitrogens is 3. The molecule has 0 amide bonds. The molecule has 7 heteroatoms. The first-order valence-corrected chi connectivity index (χ1v) is 7.90. The number of rotatable bonds is 6. The van der Waals surface area contributed by atoms with Crippen molar-refractivity contribution in [3.05, 3.63) is 48.4 Å². The lowest BCUT2D eigenvalue weighted by atomic mass is 10.2. The lowest BCUT2D eigenvalue weighted by molar-refractivity contribution is 0.415. The zero-order valence-corrected chi connectivity index (χ0v) is 13.3. The van der Waals surface area contributed by atoms with Crippen LogP contribution >= 0.6 is 11.8 Å². The van der Waals surface area contributed by atoms with Gasteiger partial charge in [-0.15, -0.1) is 10.2 Å². The lowest BCUT2D eigenvalue weighted by Crippen LogP contribution is -2.03. The number of furan rings is 1. The van der Waals surface area contributed by atoms with Gasteiger partial charge in [0.05, 0.1) is 31.7 Å². The fraction of sp³-hybridized carbons (Fsp3) is 0.188. The minimum Gasteiger partial charge on any atom is -0.497 e. The number of thioether (sulfide) groups is 1. The Morgan fingerprint density at radius 2 is 2.09 bits per heavy atom. The molecule has 0 unspecified atom stereocenters. The van der Waals surface area contributed by atoms with E-state index < -0.39 is 0 Å². The number of hydrogen-bond donors (Lipinski definition) is 0. The van der Waals surface area contributed by atoms with Gasteiger partial charge < -0.3 is 9.15 Å². The van der Waals surface area contributed by atoms with Gasteiger partial charge in [0.1, 0.15) is 11.5 Å². The summed E-state index contributed by atoms with van der Waals surface area (Å²) in [5, 5.41) is 18.0. The summed E-state index contributed by atoms with van der Waals surface area (Å²) in [7, 11) is 1.63. The molecular formula is C16H14N4O2S. The maximum atomic E-state index is 8.80. The van der Waals surface area contributed by atoms with Gasteiger partial charge in [0, 0.05) is 5.56 Å². The molecule has 0 fully saturated rings. The van der Waals surface area contributed by atoms with Crippen molar-refractivity contribution in [2.24, 2.45) is 0 Å². The molecule has 2 aromatic heterocycles. The van der Waals surface area contributed by atoms with Crippen LogP contribution in [0.1, 0.15) is 5.76 Å². The Morgan fingerprint density at radius 1 is 1.26 bits per heavy atom. The summed E-state index contributed by atoms with van der Waals surface area (Å²) in [5.74, 6) is 2.63. The number of nitrogens with zero attached hydrogens (tertiary/aromatic N) is 4. The standard InChI is InChI=1S/C16H14N4O2S/c1-21-13-6-4-12(5-7-13)15-18-19-16(23-10-8-17)20(15)11-14-3-2-9-22-14/h2-7,9H,10-11H2,1H3. The molecule has 0 saturated carbocycles. The van der Waals surface area contributed by atoms with Gasteiger partial charge >= 0.3 is 0 Å². The third kappa shape index (κ3) is 3.38. The van der Waals surface area contributed by atoms with Crippen LogP contribution in [0.5, 0.6) is 5.75 Å². The summed E-state index contributed by atoms with van der Waals surface area (Å²) in [6, 6.07) is 13.5. The summed E-state index contributed by atoms with van der Waals surface area (Å²) in [4.78, 5) is 0. The van der Waals surface area contributed by atoms with Gasteiger partial charge in [-0.25, -0.2) is 0 Å². The van der Waals surface area contributed by atoms with Crippen LogP contribution in [0.25, 0.3) is 11.4 Å². The van der Waals surface area contributed by atoms with E-state index in [4.69, 9.17) is 14.4 Å². The third-order valence-electron chi connectivity index (χ3n) is 3.22. The highest BCUT2D eigenvalue weighted by Gasteiger charge is 2.15. The van der Waals surface area contributed by atoms with Crippen molar-refractivity contribution in [3.63, 3.8) is 0 Å². The van der Waals surface area contributed by atoms with Crippen LogP contribution in [0.4, 0.5) is 0 Å². The van der Waals surface area contributed by atoms with Crippen LogP contribution in [0.2, 0.25) is 0 Å². The minimum atomic E-state index is 0.318. The van der Waals surface area contributed by atoms with Gasteiger partial charge in [0.25, 0.3) is 0 Å². The van der Waals surface area contributed by atoms with E-state index in [1.165, 1.54) is 11.8 Å². The van der Waals surface area contributed by atoms with E-state index in [1.807, 2.05) is 41.0 Å². The second-order valence-corrected chi connectivity index (χ2v) is 5.59. The average Bonchev–Trinajstić information content (AvgIpc) is 3.24. The van der Waals surface area contributed by atoms with Crippen molar-refractivity contribution in [1.29, 1.82) is 5.26 Å². The summed E-state index contributed by atoms with van der Waals surface area (Å²) in [6.45, 7) is 0.509. The Kier molecular flexibility index (Phi) is 4.64. The molecule has 23 heavy (non-hydrogen) atoms. The molecule has 3 rings (SSSR count). The number of ether oxygens (including phenoxy) is 1. The Bertz CT molecular complexity index is 804. The van der Waals surface area contributed by atoms with Gasteiger partial charge in [-0.2, -0.15) is 5.26 Å². The van der Waals surface area contributed by atoms with Gasteiger partial charge in [-0.3, -0.25) is 4.57 Å². The van der Waals surface area contributed by atoms with Crippen LogP contribution in [0, 0.1) is 11.3 Å². The molecule has 0 spiro atoms. The van der Waals surface area contributed by atoms with Crippen LogP contribution in [0.3, 0.4) is 0 Å². The molecule has 3 aromatic rings. The number of methoxy groups -OCH3 is 1. The molecule has 0 aliphatic rings. The second kappa shape index (κ2) is 7.03. The molecule has 0 atom stereocenters. The molecule has 0 aliphatic carbocycles. The van der Waals surface area contributed by atoms with Crippen molar-refractivity contribution >= 4 is 11.8 Å². The predicted octanol–water partition coefficient (Wildman–Crippen LogP) is 3.21. The Labute approximate surface area is 137 Å². The first kappa shape index (κ1) is 15.2. The number of benzene rings is 1. The van der Waals surface area contributed by atoms with Crippen molar-refractivity contribution in [2.75, 3.05) is 12.9 Å². The summed E-state index contributed by atoms with van der Waals surface area (Å²) >= 11 is 1.35. The largest absolute Gasteiger partial charge is 0.497 e. The second-order valence-electron chi connectivity index (χ2n) is 4.65. The van der Waals surface area contributed by atoms with E-state index in [0.29, 0.717) is 17.5 Å². The van der Waals surface area contributed by atoms with Crippen LogP contribution in [0.15, 0.2) is 52.2 Å². The first-order chi connectivity index (χ1) is 11.3. The molecule has 0 bridgehead atoms. The molecule has 0 N–H and O–H groups in total. The topological polar surface area (TPSA) is 76.9 Å². The van der Waals surface area contributed by atoms with E-state index in [2.05, 4.69) is 16.3 Å². The van der Waals surface area contributed by atoms with E-state index in [1.54, 1.807) is 13.4 Å². The smallest absolute Gasteiger partial charge is 0.192 e. The molecular weight excluding hydrogens is 312 g/mol. The molecule has 0 radical (unpaired) electrons. The van der Waals surface area contributed by atoms with E-state index in [9.17, 15) is 0 Å².